The number of rotatable bonds is 4. The van der Waals surface area contributed by atoms with E-state index in [9.17, 15) is 0 Å². The molecule has 6 nitrogen and oxygen atoms in total. The van der Waals surface area contributed by atoms with E-state index in [-0.39, 0.29) is 12.0 Å². The zero-order chi connectivity index (χ0) is 14.7. The van der Waals surface area contributed by atoms with Crippen molar-refractivity contribution < 1.29 is 18.7 Å². The number of benzene rings is 1. The van der Waals surface area contributed by atoms with Crippen molar-refractivity contribution in [2.45, 2.75) is 18.9 Å². The van der Waals surface area contributed by atoms with Gasteiger partial charge in [-0.3, -0.25) is 0 Å². The lowest BCUT2D eigenvalue weighted by Crippen LogP contribution is -2.26. The van der Waals surface area contributed by atoms with E-state index in [2.05, 4.69) is 5.16 Å². The number of ether oxygens (including phenoxy) is 3. The topological polar surface area (TPSA) is 79.7 Å². The molecule has 2 heterocycles. The minimum atomic E-state index is 0.141. The van der Waals surface area contributed by atoms with Crippen molar-refractivity contribution in [1.82, 2.24) is 5.16 Å². The van der Waals surface area contributed by atoms with Crippen LogP contribution in [0.25, 0.3) is 11.1 Å². The Morgan fingerprint density at radius 2 is 2.05 bits per heavy atom. The fourth-order valence-corrected chi connectivity index (χ4v) is 2.38. The zero-order valence-corrected chi connectivity index (χ0v) is 11.9. The number of nitrogen functional groups attached to an aromatic ring is 1. The summed E-state index contributed by atoms with van der Waals surface area (Å²) in [4.78, 5) is 0. The largest absolute Gasteiger partial charge is 0.493 e. The van der Waals surface area contributed by atoms with Gasteiger partial charge >= 0.3 is 0 Å². The van der Waals surface area contributed by atoms with E-state index in [1.807, 2.05) is 18.2 Å². The van der Waals surface area contributed by atoms with Gasteiger partial charge in [0.2, 0.25) is 5.88 Å². The van der Waals surface area contributed by atoms with Gasteiger partial charge in [0.25, 0.3) is 0 Å². The second-order valence-corrected chi connectivity index (χ2v) is 4.90. The second kappa shape index (κ2) is 6.05. The zero-order valence-electron chi connectivity index (χ0n) is 11.9. The number of anilines is 1. The molecule has 0 amide bonds. The van der Waals surface area contributed by atoms with Crippen LogP contribution in [-0.2, 0) is 4.74 Å². The van der Waals surface area contributed by atoms with Crippen molar-refractivity contribution in [1.29, 1.82) is 0 Å². The molecular formula is C15H18N2O4. The molecule has 2 aromatic rings. The highest BCUT2D eigenvalue weighted by Crippen LogP contribution is 2.35. The molecule has 2 N–H and O–H groups in total. The number of hydrogen-bond acceptors (Lipinski definition) is 6. The van der Waals surface area contributed by atoms with Crippen LogP contribution in [0.15, 0.2) is 28.9 Å². The lowest BCUT2D eigenvalue weighted by Gasteiger charge is -2.24. The molecule has 0 radical (unpaired) electrons. The predicted octanol–water partition coefficient (Wildman–Crippen LogP) is 2.49. The monoisotopic (exact) mass is 290 g/mol. The van der Waals surface area contributed by atoms with E-state index < -0.39 is 0 Å². The van der Waals surface area contributed by atoms with Crippen LogP contribution in [-0.4, -0.2) is 31.6 Å². The number of nitrogens with zero attached hydrogens (tertiary/aromatic N) is 1. The lowest BCUT2D eigenvalue weighted by atomic mass is 10.1. The van der Waals surface area contributed by atoms with Crippen LogP contribution in [0, 0.1) is 0 Å². The van der Waals surface area contributed by atoms with E-state index in [0.29, 0.717) is 11.5 Å². The number of hydrogen-bond donors (Lipinski definition) is 1. The summed E-state index contributed by atoms with van der Waals surface area (Å²) in [5.41, 5.74) is 7.39. The first-order valence-electron chi connectivity index (χ1n) is 6.91. The van der Waals surface area contributed by atoms with Crippen molar-refractivity contribution in [3.8, 4) is 22.6 Å². The molecule has 112 valence electrons. The molecule has 21 heavy (non-hydrogen) atoms. The van der Waals surface area contributed by atoms with E-state index >= 15 is 0 Å². The van der Waals surface area contributed by atoms with Crippen LogP contribution in [0.2, 0.25) is 0 Å². The molecular weight excluding hydrogens is 272 g/mol. The summed E-state index contributed by atoms with van der Waals surface area (Å²) in [5, 5.41) is 3.70. The average Bonchev–Trinajstić information content (AvgIpc) is 2.94. The summed E-state index contributed by atoms with van der Waals surface area (Å²) in [5.74, 6) is 1.68. The summed E-state index contributed by atoms with van der Waals surface area (Å²) in [6.07, 6.45) is 3.49. The molecule has 0 saturated carbocycles. The third-order valence-corrected chi connectivity index (χ3v) is 3.53. The van der Waals surface area contributed by atoms with Gasteiger partial charge in [-0.2, -0.15) is 0 Å². The van der Waals surface area contributed by atoms with Gasteiger partial charge in [0, 0.05) is 12.8 Å². The Hall–Kier alpha value is -2.21. The van der Waals surface area contributed by atoms with Gasteiger partial charge in [-0.25, -0.2) is 0 Å². The van der Waals surface area contributed by atoms with Gasteiger partial charge in [0.1, 0.15) is 6.10 Å². The third kappa shape index (κ3) is 2.95. The van der Waals surface area contributed by atoms with Gasteiger partial charge in [-0.1, -0.05) is 11.2 Å². The molecule has 1 aliphatic heterocycles. The molecule has 0 unspecified atom stereocenters. The highest BCUT2D eigenvalue weighted by atomic mass is 16.5. The summed E-state index contributed by atoms with van der Waals surface area (Å²) in [7, 11) is 1.62. The minimum Gasteiger partial charge on any atom is -0.493 e. The first-order chi connectivity index (χ1) is 10.3. The third-order valence-electron chi connectivity index (χ3n) is 3.53. The van der Waals surface area contributed by atoms with Crippen molar-refractivity contribution in [3.05, 3.63) is 24.4 Å². The molecule has 0 spiro atoms. The molecule has 0 bridgehead atoms. The molecule has 6 heteroatoms. The number of methoxy groups -OCH3 is 1. The summed E-state index contributed by atoms with van der Waals surface area (Å²) >= 11 is 0. The molecule has 1 aromatic heterocycles. The number of aromatic nitrogens is 1. The first-order valence-corrected chi connectivity index (χ1v) is 6.91. The standard InChI is InChI=1S/C15H18N2O4/c1-18-13-3-2-10(12-9-17-21-15(12)16)8-14(13)20-11-4-6-19-7-5-11/h2-3,8-9,11H,4-7,16H2,1H3. The van der Waals surface area contributed by atoms with E-state index in [1.54, 1.807) is 13.3 Å². The van der Waals surface area contributed by atoms with Crippen LogP contribution < -0.4 is 15.2 Å². The maximum Gasteiger partial charge on any atom is 0.229 e. The minimum absolute atomic E-state index is 0.141. The van der Waals surface area contributed by atoms with Gasteiger partial charge in [0.15, 0.2) is 11.5 Å². The normalized spacial score (nSPS) is 15.9. The molecule has 0 atom stereocenters. The fraction of sp³-hybridized carbons (Fsp3) is 0.400. The van der Waals surface area contributed by atoms with Gasteiger partial charge in [-0.15, -0.1) is 0 Å². The highest BCUT2D eigenvalue weighted by molar-refractivity contribution is 5.74. The lowest BCUT2D eigenvalue weighted by molar-refractivity contribution is 0.0246. The van der Waals surface area contributed by atoms with Crippen LogP contribution >= 0.6 is 0 Å². The van der Waals surface area contributed by atoms with Crippen LogP contribution in [0.5, 0.6) is 11.5 Å². The molecule has 3 rings (SSSR count). The maximum absolute atomic E-state index is 6.06. The van der Waals surface area contributed by atoms with Crippen molar-refractivity contribution in [3.63, 3.8) is 0 Å². The molecule has 1 saturated heterocycles. The molecule has 0 aliphatic carbocycles. The van der Waals surface area contributed by atoms with Crippen molar-refractivity contribution >= 4 is 5.88 Å². The second-order valence-electron chi connectivity index (χ2n) is 4.90. The smallest absolute Gasteiger partial charge is 0.229 e. The quantitative estimate of drug-likeness (QED) is 0.932. The molecule has 1 fully saturated rings. The summed E-state index contributed by atoms with van der Waals surface area (Å²) in [6.45, 7) is 1.45. The Morgan fingerprint density at radius 1 is 1.24 bits per heavy atom. The maximum atomic E-state index is 6.06. The molecule has 1 aromatic carbocycles. The Labute approximate surface area is 122 Å². The van der Waals surface area contributed by atoms with Crippen molar-refractivity contribution in [2.75, 3.05) is 26.1 Å². The van der Waals surface area contributed by atoms with Crippen molar-refractivity contribution in [2.24, 2.45) is 0 Å². The first kappa shape index (κ1) is 13.8. The Kier molecular flexibility index (Phi) is 3.96. The highest BCUT2D eigenvalue weighted by Gasteiger charge is 2.18. The summed E-state index contributed by atoms with van der Waals surface area (Å²) in [6, 6.07) is 5.66. The summed E-state index contributed by atoms with van der Waals surface area (Å²) < 4.78 is 21.7. The van der Waals surface area contributed by atoms with E-state index in [4.69, 9.17) is 24.5 Å². The Bertz CT molecular complexity index is 605. The van der Waals surface area contributed by atoms with Gasteiger partial charge < -0.3 is 24.5 Å². The fourth-order valence-electron chi connectivity index (χ4n) is 2.38. The predicted molar refractivity (Wildman–Crippen MR) is 77.4 cm³/mol. The van der Waals surface area contributed by atoms with Crippen LogP contribution in [0.3, 0.4) is 0 Å². The van der Waals surface area contributed by atoms with E-state index in [0.717, 1.165) is 37.2 Å². The Balaban J connectivity index is 1.88. The van der Waals surface area contributed by atoms with Gasteiger partial charge in [-0.05, 0) is 17.7 Å². The number of nitrogens with two attached hydrogens (primary N) is 1. The van der Waals surface area contributed by atoms with E-state index in [1.165, 1.54) is 0 Å². The molecule has 1 aliphatic rings. The SMILES string of the molecule is COc1ccc(-c2cnoc2N)cc1OC1CCOCC1. The Morgan fingerprint density at radius 3 is 2.71 bits per heavy atom. The van der Waals surface area contributed by atoms with Crippen LogP contribution in [0.1, 0.15) is 12.8 Å². The van der Waals surface area contributed by atoms with Gasteiger partial charge in [0.05, 0.1) is 32.1 Å². The average molecular weight is 290 g/mol. The van der Waals surface area contributed by atoms with Crippen LogP contribution in [0.4, 0.5) is 5.88 Å².